The second kappa shape index (κ2) is 5.18. The third-order valence-corrected chi connectivity index (χ3v) is 3.18. The number of aromatic amines is 1. The van der Waals surface area contributed by atoms with Crippen molar-refractivity contribution >= 4 is 0 Å². The van der Waals surface area contributed by atoms with Crippen molar-refractivity contribution in [3.8, 4) is 22.8 Å². The number of nitrogens with one attached hydrogen (secondary N) is 1. The van der Waals surface area contributed by atoms with E-state index in [1.165, 1.54) is 6.07 Å². The molecule has 2 N–H and O–H groups in total. The van der Waals surface area contributed by atoms with Crippen LogP contribution in [0.3, 0.4) is 0 Å². The first-order valence-electron chi connectivity index (χ1n) is 6.17. The van der Waals surface area contributed by atoms with Crippen LogP contribution >= 0.6 is 0 Å². The Morgan fingerprint density at radius 3 is 2.63 bits per heavy atom. The molecule has 100 valence electrons. The zero-order valence-electron chi connectivity index (χ0n) is 11.3. The Balaban J connectivity index is 2.68. The summed E-state index contributed by atoms with van der Waals surface area (Å²) in [7, 11) is 1.61. The summed E-state index contributed by atoms with van der Waals surface area (Å²) < 4.78 is 5.17. The van der Waals surface area contributed by atoms with E-state index in [4.69, 9.17) is 4.74 Å². The number of H-pyrrole nitrogens is 1. The Kier molecular flexibility index (Phi) is 3.60. The Labute approximate surface area is 111 Å². The lowest BCUT2D eigenvalue weighted by Gasteiger charge is -2.13. The highest BCUT2D eigenvalue weighted by atomic mass is 16.5. The molecule has 0 fully saturated rings. The van der Waals surface area contributed by atoms with Gasteiger partial charge in [-0.05, 0) is 37.1 Å². The molecular formula is C15H17NO3. The predicted octanol–water partition coefficient (Wildman–Crippen LogP) is 2.63. The molecule has 19 heavy (non-hydrogen) atoms. The highest BCUT2D eigenvalue weighted by molar-refractivity contribution is 5.69. The second-order valence-electron chi connectivity index (χ2n) is 4.41. The molecule has 2 rings (SSSR count). The molecule has 0 bridgehead atoms. The highest BCUT2D eigenvalue weighted by Crippen LogP contribution is 2.31. The van der Waals surface area contributed by atoms with Gasteiger partial charge in [0.1, 0.15) is 11.5 Å². The average Bonchev–Trinajstić information content (AvgIpc) is 2.37. The molecule has 1 aromatic carbocycles. The van der Waals surface area contributed by atoms with Gasteiger partial charge in [-0.1, -0.05) is 6.92 Å². The number of hydrogen-bond donors (Lipinski definition) is 2. The van der Waals surface area contributed by atoms with Gasteiger partial charge in [0.2, 0.25) is 0 Å². The Morgan fingerprint density at radius 1 is 1.32 bits per heavy atom. The van der Waals surface area contributed by atoms with Crippen LogP contribution in [0.1, 0.15) is 18.1 Å². The summed E-state index contributed by atoms with van der Waals surface area (Å²) >= 11 is 0. The van der Waals surface area contributed by atoms with Crippen LogP contribution < -0.4 is 10.3 Å². The minimum absolute atomic E-state index is 0.0384. The third kappa shape index (κ3) is 2.47. The standard InChI is InChI=1S/C15H17NO3/c1-4-11-13(17)8-14(18)16-15(11)12-6-5-10(19-3)7-9(12)2/h5-8H,4H2,1-3H3,(H2,16,17,18). The van der Waals surface area contributed by atoms with Gasteiger partial charge in [0.15, 0.2) is 0 Å². The number of aryl methyl sites for hydroxylation is 1. The van der Waals surface area contributed by atoms with Crippen LogP contribution in [-0.2, 0) is 6.42 Å². The van der Waals surface area contributed by atoms with Crippen LogP contribution in [0.2, 0.25) is 0 Å². The van der Waals surface area contributed by atoms with Crippen molar-refractivity contribution in [3.05, 3.63) is 45.7 Å². The van der Waals surface area contributed by atoms with Gasteiger partial charge in [-0.3, -0.25) is 4.79 Å². The maximum Gasteiger partial charge on any atom is 0.252 e. The minimum Gasteiger partial charge on any atom is -0.507 e. The van der Waals surface area contributed by atoms with Gasteiger partial charge in [-0.2, -0.15) is 0 Å². The van der Waals surface area contributed by atoms with Crippen molar-refractivity contribution in [1.82, 2.24) is 4.98 Å². The van der Waals surface area contributed by atoms with E-state index in [1.54, 1.807) is 7.11 Å². The molecule has 0 unspecified atom stereocenters. The fraction of sp³-hybridized carbons (Fsp3) is 0.267. The summed E-state index contributed by atoms with van der Waals surface area (Å²) in [4.78, 5) is 14.4. The SMILES string of the molecule is CCc1c(O)cc(=O)[nH]c1-c1ccc(OC)cc1C. The number of methoxy groups -OCH3 is 1. The largest absolute Gasteiger partial charge is 0.507 e. The van der Waals surface area contributed by atoms with E-state index >= 15 is 0 Å². The van der Waals surface area contributed by atoms with Crippen LogP contribution in [0.5, 0.6) is 11.5 Å². The molecule has 0 spiro atoms. The number of aromatic nitrogens is 1. The van der Waals surface area contributed by atoms with Crippen molar-refractivity contribution in [3.63, 3.8) is 0 Å². The van der Waals surface area contributed by atoms with Crippen LogP contribution in [0.25, 0.3) is 11.3 Å². The molecule has 1 aromatic heterocycles. The Morgan fingerprint density at radius 2 is 2.05 bits per heavy atom. The van der Waals surface area contributed by atoms with E-state index in [2.05, 4.69) is 4.98 Å². The lowest BCUT2D eigenvalue weighted by atomic mass is 9.99. The molecule has 0 saturated carbocycles. The molecule has 0 atom stereocenters. The summed E-state index contributed by atoms with van der Waals surface area (Å²) in [5.74, 6) is 0.804. The van der Waals surface area contributed by atoms with Gasteiger partial charge < -0.3 is 14.8 Å². The molecule has 2 aromatic rings. The zero-order valence-corrected chi connectivity index (χ0v) is 11.3. The molecule has 4 heteroatoms. The molecule has 0 saturated heterocycles. The van der Waals surface area contributed by atoms with E-state index in [9.17, 15) is 9.90 Å². The van der Waals surface area contributed by atoms with Crippen molar-refractivity contribution in [2.45, 2.75) is 20.3 Å². The highest BCUT2D eigenvalue weighted by Gasteiger charge is 2.12. The molecule has 0 aliphatic rings. The average molecular weight is 259 g/mol. The quantitative estimate of drug-likeness (QED) is 0.890. The van der Waals surface area contributed by atoms with Crippen molar-refractivity contribution in [2.24, 2.45) is 0 Å². The fourth-order valence-electron chi connectivity index (χ4n) is 2.21. The summed E-state index contributed by atoms with van der Waals surface area (Å²) in [6.07, 6.45) is 0.642. The number of rotatable bonds is 3. The maximum absolute atomic E-state index is 11.5. The molecule has 1 heterocycles. The van der Waals surface area contributed by atoms with E-state index in [-0.39, 0.29) is 11.3 Å². The topological polar surface area (TPSA) is 62.3 Å². The van der Waals surface area contributed by atoms with Gasteiger partial charge in [0.25, 0.3) is 5.56 Å². The van der Waals surface area contributed by atoms with Gasteiger partial charge in [-0.25, -0.2) is 0 Å². The minimum atomic E-state index is -0.306. The second-order valence-corrected chi connectivity index (χ2v) is 4.41. The van der Waals surface area contributed by atoms with Gasteiger partial charge in [0, 0.05) is 17.2 Å². The number of pyridine rings is 1. The Hall–Kier alpha value is -2.23. The lowest BCUT2D eigenvalue weighted by molar-refractivity contribution is 0.414. The van der Waals surface area contributed by atoms with Crippen molar-refractivity contribution in [2.75, 3.05) is 7.11 Å². The number of aromatic hydroxyl groups is 1. The first-order chi connectivity index (χ1) is 9.06. The van der Waals surface area contributed by atoms with Crippen molar-refractivity contribution < 1.29 is 9.84 Å². The third-order valence-electron chi connectivity index (χ3n) is 3.18. The van der Waals surface area contributed by atoms with Gasteiger partial charge >= 0.3 is 0 Å². The first kappa shape index (κ1) is 13.2. The number of benzene rings is 1. The normalized spacial score (nSPS) is 10.5. The van der Waals surface area contributed by atoms with E-state index in [0.29, 0.717) is 12.1 Å². The van der Waals surface area contributed by atoms with E-state index in [1.807, 2.05) is 32.0 Å². The fourth-order valence-corrected chi connectivity index (χ4v) is 2.21. The summed E-state index contributed by atoms with van der Waals surface area (Å²) in [5.41, 5.74) is 2.99. The number of hydrogen-bond acceptors (Lipinski definition) is 3. The number of ether oxygens (including phenoxy) is 1. The smallest absolute Gasteiger partial charge is 0.252 e. The van der Waals surface area contributed by atoms with Gasteiger partial charge in [0.05, 0.1) is 12.8 Å². The van der Waals surface area contributed by atoms with Crippen LogP contribution in [0.4, 0.5) is 0 Å². The van der Waals surface area contributed by atoms with Crippen LogP contribution in [-0.4, -0.2) is 17.2 Å². The predicted molar refractivity (Wildman–Crippen MR) is 74.8 cm³/mol. The van der Waals surface area contributed by atoms with Crippen LogP contribution in [0.15, 0.2) is 29.1 Å². The van der Waals surface area contributed by atoms with Crippen molar-refractivity contribution in [1.29, 1.82) is 0 Å². The molecule has 0 radical (unpaired) electrons. The van der Waals surface area contributed by atoms with Crippen LogP contribution in [0, 0.1) is 6.92 Å². The first-order valence-corrected chi connectivity index (χ1v) is 6.17. The van der Waals surface area contributed by atoms with E-state index in [0.717, 1.165) is 22.4 Å². The molecule has 0 amide bonds. The zero-order chi connectivity index (χ0) is 14.0. The summed E-state index contributed by atoms with van der Waals surface area (Å²) in [5, 5.41) is 9.88. The summed E-state index contributed by atoms with van der Waals surface area (Å²) in [6, 6.07) is 6.83. The Bertz CT molecular complexity index is 659. The lowest BCUT2D eigenvalue weighted by Crippen LogP contribution is -2.08. The molecular weight excluding hydrogens is 242 g/mol. The molecule has 0 aliphatic heterocycles. The maximum atomic E-state index is 11.5. The monoisotopic (exact) mass is 259 g/mol. The van der Waals surface area contributed by atoms with E-state index < -0.39 is 0 Å². The summed E-state index contributed by atoms with van der Waals surface area (Å²) in [6.45, 7) is 3.88. The molecule has 0 aliphatic carbocycles. The van der Waals surface area contributed by atoms with Gasteiger partial charge in [-0.15, -0.1) is 0 Å². The molecule has 4 nitrogen and oxygen atoms in total.